The molecule has 2 nitrogen and oxygen atoms in total. The molecule has 0 fully saturated rings. The molecule has 4 heteroatoms. The molecule has 2 aromatic rings. The molecular weight excluding hydrogens is 239 g/mol. The van der Waals surface area contributed by atoms with E-state index in [0.717, 1.165) is 30.6 Å². The third kappa shape index (κ3) is 1.65. The molecule has 1 aliphatic heterocycles. The van der Waals surface area contributed by atoms with Crippen molar-refractivity contribution in [2.24, 2.45) is 0 Å². The van der Waals surface area contributed by atoms with E-state index in [-0.39, 0.29) is 5.82 Å². The van der Waals surface area contributed by atoms with Crippen LogP contribution in [0.2, 0.25) is 5.02 Å². The maximum atomic E-state index is 13.8. The Morgan fingerprint density at radius 1 is 1.41 bits per heavy atom. The van der Waals surface area contributed by atoms with Gasteiger partial charge in [0.05, 0.1) is 5.69 Å². The molecule has 2 heterocycles. The van der Waals surface area contributed by atoms with E-state index in [1.54, 1.807) is 12.1 Å². The first-order chi connectivity index (χ1) is 8.16. The lowest BCUT2D eigenvalue weighted by Crippen LogP contribution is -1.94. The van der Waals surface area contributed by atoms with Crippen LogP contribution in [0.25, 0.3) is 11.3 Å². The van der Waals surface area contributed by atoms with Gasteiger partial charge in [-0.1, -0.05) is 11.6 Å². The van der Waals surface area contributed by atoms with E-state index in [1.807, 2.05) is 11.6 Å². The summed E-state index contributed by atoms with van der Waals surface area (Å²) in [4.78, 5) is 0. The van der Waals surface area contributed by atoms with Gasteiger partial charge in [-0.3, -0.25) is 4.68 Å². The van der Waals surface area contributed by atoms with Crippen LogP contribution < -0.4 is 0 Å². The zero-order valence-electron chi connectivity index (χ0n) is 9.50. The van der Waals surface area contributed by atoms with Gasteiger partial charge in [0, 0.05) is 22.8 Å². The molecule has 0 N–H and O–H groups in total. The molecule has 0 aliphatic carbocycles. The van der Waals surface area contributed by atoms with Gasteiger partial charge < -0.3 is 0 Å². The molecule has 0 saturated carbocycles. The largest absolute Gasteiger partial charge is 0.269 e. The molecule has 1 aliphatic rings. The van der Waals surface area contributed by atoms with Gasteiger partial charge in [-0.05, 0) is 43.5 Å². The quantitative estimate of drug-likeness (QED) is 0.756. The van der Waals surface area contributed by atoms with Crippen LogP contribution >= 0.6 is 11.6 Å². The minimum atomic E-state index is -0.269. The van der Waals surface area contributed by atoms with Crippen molar-refractivity contribution in [2.45, 2.75) is 26.3 Å². The van der Waals surface area contributed by atoms with Gasteiger partial charge >= 0.3 is 0 Å². The highest BCUT2D eigenvalue weighted by Crippen LogP contribution is 2.31. The van der Waals surface area contributed by atoms with Crippen LogP contribution in [0.4, 0.5) is 4.39 Å². The Kier molecular flexibility index (Phi) is 2.44. The van der Waals surface area contributed by atoms with E-state index in [0.29, 0.717) is 10.6 Å². The first-order valence-electron chi connectivity index (χ1n) is 5.68. The number of halogens is 2. The highest BCUT2D eigenvalue weighted by molar-refractivity contribution is 6.30. The van der Waals surface area contributed by atoms with E-state index < -0.39 is 0 Å². The summed E-state index contributed by atoms with van der Waals surface area (Å²) < 4.78 is 15.8. The van der Waals surface area contributed by atoms with Crippen LogP contribution in [0.3, 0.4) is 0 Å². The number of aryl methyl sites for hydroxylation is 1. The van der Waals surface area contributed by atoms with Gasteiger partial charge in [0.25, 0.3) is 0 Å². The van der Waals surface area contributed by atoms with Crippen molar-refractivity contribution >= 4 is 11.6 Å². The van der Waals surface area contributed by atoms with Crippen LogP contribution in [-0.4, -0.2) is 9.78 Å². The lowest BCUT2D eigenvalue weighted by atomic mass is 10.1. The summed E-state index contributed by atoms with van der Waals surface area (Å²) in [5.41, 5.74) is 3.51. The molecule has 0 bridgehead atoms. The van der Waals surface area contributed by atoms with E-state index in [1.165, 1.54) is 11.8 Å². The van der Waals surface area contributed by atoms with Gasteiger partial charge in [0.1, 0.15) is 5.82 Å². The Morgan fingerprint density at radius 2 is 2.24 bits per heavy atom. The van der Waals surface area contributed by atoms with E-state index >= 15 is 0 Å². The first-order valence-corrected chi connectivity index (χ1v) is 6.06. The molecule has 88 valence electrons. The normalized spacial score (nSPS) is 14.1. The fourth-order valence-corrected chi connectivity index (χ4v) is 2.59. The predicted octanol–water partition coefficient (Wildman–Crippen LogP) is 3.60. The van der Waals surface area contributed by atoms with Crippen LogP contribution in [-0.2, 0) is 13.0 Å². The monoisotopic (exact) mass is 250 g/mol. The van der Waals surface area contributed by atoms with Gasteiger partial charge in [-0.2, -0.15) is 5.10 Å². The van der Waals surface area contributed by atoms with Crippen LogP contribution in [0.1, 0.15) is 17.7 Å². The topological polar surface area (TPSA) is 17.8 Å². The minimum Gasteiger partial charge on any atom is -0.269 e. The summed E-state index contributed by atoms with van der Waals surface area (Å²) in [5.74, 6) is -0.269. The summed E-state index contributed by atoms with van der Waals surface area (Å²) in [7, 11) is 0. The highest BCUT2D eigenvalue weighted by Gasteiger charge is 2.21. The SMILES string of the molecule is Cc1c(-c2cc(Cl)ccc2F)nn2c1CCC2. The molecule has 1 aromatic carbocycles. The highest BCUT2D eigenvalue weighted by atomic mass is 35.5. The number of aromatic nitrogens is 2. The van der Waals surface area contributed by atoms with Gasteiger partial charge in [-0.25, -0.2) is 4.39 Å². The molecule has 0 unspecified atom stereocenters. The van der Waals surface area contributed by atoms with E-state index in [9.17, 15) is 4.39 Å². The maximum Gasteiger partial charge on any atom is 0.132 e. The Balaban J connectivity index is 2.19. The second kappa shape index (κ2) is 3.84. The number of benzene rings is 1. The van der Waals surface area contributed by atoms with Crippen molar-refractivity contribution in [3.05, 3.63) is 40.3 Å². The summed E-state index contributed by atoms with van der Waals surface area (Å²) in [6, 6.07) is 4.59. The predicted molar refractivity (Wildman–Crippen MR) is 65.7 cm³/mol. The molecule has 0 saturated heterocycles. The van der Waals surface area contributed by atoms with Gasteiger partial charge in [0.15, 0.2) is 0 Å². The van der Waals surface area contributed by atoms with Crippen LogP contribution in [0.15, 0.2) is 18.2 Å². The maximum absolute atomic E-state index is 13.8. The zero-order valence-corrected chi connectivity index (χ0v) is 10.3. The Morgan fingerprint density at radius 3 is 3.00 bits per heavy atom. The molecular formula is C13H12ClFN2. The Labute approximate surface area is 104 Å². The van der Waals surface area contributed by atoms with Gasteiger partial charge in [0.2, 0.25) is 0 Å². The number of fused-ring (bicyclic) bond motifs is 1. The van der Waals surface area contributed by atoms with E-state index in [2.05, 4.69) is 5.10 Å². The van der Waals surface area contributed by atoms with Crippen molar-refractivity contribution in [1.29, 1.82) is 0 Å². The lowest BCUT2D eigenvalue weighted by Gasteiger charge is -2.02. The summed E-state index contributed by atoms with van der Waals surface area (Å²) in [6.45, 7) is 2.93. The van der Waals surface area contributed by atoms with Crippen molar-refractivity contribution in [3.63, 3.8) is 0 Å². The number of hydrogen-bond donors (Lipinski definition) is 0. The molecule has 17 heavy (non-hydrogen) atoms. The second-order valence-corrected chi connectivity index (χ2v) is 4.81. The lowest BCUT2D eigenvalue weighted by molar-refractivity contribution is 0.626. The third-order valence-electron chi connectivity index (χ3n) is 3.29. The summed E-state index contributed by atoms with van der Waals surface area (Å²) in [5, 5.41) is 5.02. The fourth-order valence-electron chi connectivity index (χ4n) is 2.42. The zero-order chi connectivity index (χ0) is 12.0. The second-order valence-electron chi connectivity index (χ2n) is 4.37. The standard InChI is InChI=1S/C13H12ClFN2/c1-8-12-3-2-6-17(12)16-13(8)10-7-9(14)4-5-11(10)15/h4-5,7H,2-3,6H2,1H3. The van der Waals surface area contributed by atoms with Crippen LogP contribution in [0.5, 0.6) is 0 Å². The Bertz CT molecular complexity index is 589. The number of rotatable bonds is 1. The molecule has 1 aromatic heterocycles. The average Bonchev–Trinajstić information content (AvgIpc) is 2.86. The molecule has 0 spiro atoms. The van der Waals surface area contributed by atoms with Crippen molar-refractivity contribution < 1.29 is 4.39 Å². The smallest absolute Gasteiger partial charge is 0.132 e. The first kappa shape index (κ1) is 10.8. The third-order valence-corrected chi connectivity index (χ3v) is 3.52. The van der Waals surface area contributed by atoms with Crippen molar-refractivity contribution in [2.75, 3.05) is 0 Å². The van der Waals surface area contributed by atoms with Crippen LogP contribution in [0, 0.1) is 12.7 Å². The molecule has 3 rings (SSSR count). The van der Waals surface area contributed by atoms with Crippen molar-refractivity contribution in [3.8, 4) is 11.3 Å². The fraction of sp³-hybridized carbons (Fsp3) is 0.308. The summed E-state index contributed by atoms with van der Waals surface area (Å²) in [6.07, 6.45) is 2.16. The number of hydrogen-bond acceptors (Lipinski definition) is 1. The van der Waals surface area contributed by atoms with Crippen molar-refractivity contribution in [1.82, 2.24) is 9.78 Å². The molecule has 0 radical (unpaired) electrons. The summed E-state index contributed by atoms with van der Waals surface area (Å²) >= 11 is 5.91. The molecule has 0 atom stereocenters. The van der Waals surface area contributed by atoms with Gasteiger partial charge in [-0.15, -0.1) is 0 Å². The van der Waals surface area contributed by atoms with E-state index in [4.69, 9.17) is 11.6 Å². The average molecular weight is 251 g/mol. The number of nitrogens with zero attached hydrogens (tertiary/aromatic N) is 2. The Hall–Kier alpha value is -1.35. The minimum absolute atomic E-state index is 0.269. The molecule has 0 amide bonds.